The molecule has 0 saturated carbocycles. The first kappa shape index (κ1) is 14.7. The van der Waals surface area contributed by atoms with E-state index in [9.17, 15) is 23.3 Å². The van der Waals surface area contributed by atoms with Gasteiger partial charge in [-0.25, -0.2) is 13.2 Å². The molecule has 1 aromatic carbocycles. The van der Waals surface area contributed by atoms with Crippen molar-refractivity contribution in [3.05, 3.63) is 58.0 Å². The minimum Gasteiger partial charge on any atom is -0.475 e. The summed E-state index contributed by atoms with van der Waals surface area (Å²) in [4.78, 5) is 20.4. The number of benzene rings is 1. The van der Waals surface area contributed by atoms with E-state index < -0.39 is 26.5 Å². The Hall–Kier alpha value is -2.68. The van der Waals surface area contributed by atoms with Gasteiger partial charge in [-0.1, -0.05) is 0 Å². The molecule has 0 aliphatic heterocycles. The third-order valence-corrected chi connectivity index (χ3v) is 4.27. The number of nitro benzene ring substituents is 1. The molecule has 2 rings (SSSR count). The zero-order valence-corrected chi connectivity index (χ0v) is 11.2. The van der Waals surface area contributed by atoms with Crippen molar-refractivity contribution in [1.29, 1.82) is 0 Å². The molecule has 1 aromatic heterocycles. The molecule has 0 spiro atoms. The minimum absolute atomic E-state index is 0.0225. The molecule has 110 valence electrons. The molecule has 1 heterocycles. The highest BCUT2D eigenvalue weighted by molar-refractivity contribution is 7.90. The van der Waals surface area contributed by atoms with E-state index in [0.29, 0.717) is 0 Å². The molecular formula is C12H9NO7S. The number of carboxylic acids is 1. The Morgan fingerprint density at radius 1 is 1.19 bits per heavy atom. The topological polar surface area (TPSA) is 128 Å². The number of hydrogen-bond acceptors (Lipinski definition) is 6. The van der Waals surface area contributed by atoms with Crippen LogP contribution in [0.2, 0.25) is 0 Å². The van der Waals surface area contributed by atoms with Crippen LogP contribution in [0, 0.1) is 10.1 Å². The van der Waals surface area contributed by atoms with Gasteiger partial charge in [0.1, 0.15) is 11.5 Å². The van der Waals surface area contributed by atoms with Gasteiger partial charge in [-0.2, -0.15) is 0 Å². The Labute approximate surface area is 118 Å². The summed E-state index contributed by atoms with van der Waals surface area (Å²) in [6, 6.07) is 6.81. The Morgan fingerprint density at radius 2 is 1.81 bits per heavy atom. The van der Waals surface area contributed by atoms with Gasteiger partial charge in [0.05, 0.1) is 9.82 Å². The maximum Gasteiger partial charge on any atom is 0.371 e. The number of non-ortho nitro benzene ring substituents is 1. The van der Waals surface area contributed by atoms with E-state index in [1.165, 1.54) is 6.07 Å². The molecule has 0 radical (unpaired) electrons. The van der Waals surface area contributed by atoms with Crippen molar-refractivity contribution in [2.45, 2.75) is 10.6 Å². The van der Waals surface area contributed by atoms with E-state index in [1.54, 1.807) is 0 Å². The van der Waals surface area contributed by atoms with Gasteiger partial charge in [0.15, 0.2) is 9.84 Å². The second-order valence-electron chi connectivity index (χ2n) is 4.08. The maximum absolute atomic E-state index is 12.1. The van der Waals surface area contributed by atoms with Gasteiger partial charge in [0, 0.05) is 12.1 Å². The number of furan rings is 1. The number of hydrogen-bond donors (Lipinski definition) is 1. The molecule has 0 aliphatic carbocycles. The molecule has 0 bridgehead atoms. The Bertz CT molecular complexity index is 789. The van der Waals surface area contributed by atoms with Gasteiger partial charge in [-0.05, 0) is 24.3 Å². The number of carbonyl (C=O) groups is 1. The largest absolute Gasteiger partial charge is 0.475 e. The van der Waals surface area contributed by atoms with Gasteiger partial charge < -0.3 is 9.52 Å². The van der Waals surface area contributed by atoms with Crippen molar-refractivity contribution in [1.82, 2.24) is 0 Å². The average Bonchev–Trinajstić information content (AvgIpc) is 2.87. The highest BCUT2D eigenvalue weighted by Crippen LogP contribution is 2.21. The Kier molecular flexibility index (Phi) is 3.76. The lowest BCUT2D eigenvalue weighted by Gasteiger charge is -2.02. The summed E-state index contributed by atoms with van der Waals surface area (Å²) in [6.45, 7) is 0. The lowest BCUT2D eigenvalue weighted by Crippen LogP contribution is -2.04. The maximum atomic E-state index is 12.1. The zero-order chi connectivity index (χ0) is 15.6. The molecule has 21 heavy (non-hydrogen) atoms. The van der Waals surface area contributed by atoms with Crippen molar-refractivity contribution >= 4 is 21.5 Å². The van der Waals surface area contributed by atoms with Crippen LogP contribution < -0.4 is 0 Å². The second-order valence-corrected chi connectivity index (χ2v) is 6.07. The van der Waals surface area contributed by atoms with Crippen LogP contribution in [0.4, 0.5) is 5.69 Å². The van der Waals surface area contributed by atoms with E-state index in [0.717, 1.165) is 30.3 Å². The summed E-state index contributed by atoms with van der Waals surface area (Å²) < 4.78 is 29.0. The van der Waals surface area contributed by atoms with Crippen molar-refractivity contribution in [2.24, 2.45) is 0 Å². The van der Waals surface area contributed by atoms with Crippen LogP contribution in [0.1, 0.15) is 16.3 Å². The quantitative estimate of drug-likeness (QED) is 0.659. The van der Waals surface area contributed by atoms with Crippen LogP contribution in [-0.2, 0) is 15.6 Å². The molecule has 0 aliphatic rings. The van der Waals surface area contributed by atoms with Crippen LogP contribution in [0.3, 0.4) is 0 Å². The predicted molar refractivity (Wildman–Crippen MR) is 69.7 cm³/mol. The van der Waals surface area contributed by atoms with Crippen molar-refractivity contribution in [3.63, 3.8) is 0 Å². The predicted octanol–water partition coefficient (Wildman–Crippen LogP) is 1.86. The van der Waals surface area contributed by atoms with Crippen molar-refractivity contribution in [3.8, 4) is 0 Å². The molecule has 0 unspecified atom stereocenters. The van der Waals surface area contributed by atoms with E-state index in [-0.39, 0.29) is 22.1 Å². The van der Waals surface area contributed by atoms with Crippen LogP contribution in [-0.4, -0.2) is 24.4 Å². The van der Waals surface area contributed by atoms with Crippen molar-refractivity contribution < 1.29 is 27.7 Å². The van der Waals surface area contributed by atoms with Gasteiger partial charge >= 0.3 is 5.97 Å². The lowest BCUT2D eigenvalue weighted by molar-refractivity contribution is -0.384. The van der Waals surface area contributed by atoms with Crippen LogP contribution in [0.25, 0.3) is 0 Å². The monoisotopic (exact) mass is 311 g/mol. The fraction of sp³-hybridized carbons (Fsp3) is 0.0833. The normalized spacial score (nSPS) is 11.2. The summed E-state index contributed by atoms with van der Waals surface area (Å²) in [6.07, 6.45) is 0. The van der Waals surface area contributed by atoms with Crippen LogP contribution >= 0.6 is 0 Å². The molecule has 0 fully saturated rings. The number of aromatic carboxylic acids is 1. The molecule has 0 atom stereocenters. The smallest absolute Gasteiger partial charge is 0.371 e. The molecular weight excluding hydrogens is 302 g/mol. The minimum atomic E-state index is -3.78. The summed E-state index contributed by atoms with van der Waals surface area (Å²) >= 11 is 0. The van der Waals surface area contributed by atoms with E-state index in [4.69, 9.17) is 9.52 Å². The SMILES string of the molecule is O=C(O)c1ccc(CS(=O)(=O)c2ccc([N+](=O)[O-])cc2)o1. The molecule has 2 aromatic rings. The number of nitrogens with zero attached hydrogens (tertiary/aromatic N) is 1. The molecule has 0 saturated heterocycles. The molecule has 0 amide bonds. The first-order valence-corrected chi connectivity index (χ1v) is 7.24. The zero-order valence-electron chi connectivity index (χ0n) is 10.4. The molecule has 9 heteroatoms. The summed E-state index contributed by atoms with van der Waals surface area (Å²) in [5.74, 6) is -2.21. The Balaban J connectivity index is 2.24. The van der Waals surface area contributed by atoms with Gasteiger partial charge in [-0.15, -0.1) is 0 Å². The summed E-state index contributed by atoms with van der Waals surface area (Å²) in [5.41, 5.74) is -0.222. The Morgan fingerprint density at radius 3 is 2.29 bits per heavy atom. The highest BCUT2D eigenvalue weighted by Gasteiger charge is 2.20. The first-order chi connectivity index (χ1) is 9.79. The number of sulfone groups is 1. The van der Waals surface area contributed by atoms with E-state index in [1.807, 2.05) is 0 Å². The van der Waals surface area contributed by atoms with Gasteiger partial charge in [0.2, 0.25) is 5.76 Å². The highest BCUT2D eigenvalue weighted by atomic mass is 32.2. The lowest BCUT2D eigenvalue weighted by atomic mass is 10.3. The van der Waals surface area contributed by atoms with Gasteiger partial charge in [-0.3, -0.25) is 10.1 Å². The fourth-order valence-electron chi connectivity index (χ4n) is 1.62. The van der Waals surface area contributed by atoms with Crippen molar-refractivity contribution in [2.75, 3.05) is 0 Å². The molecule has 8 nitrogen and oxygen atoms in total. The molecule has 1 N–H and O–H groups in total. The summed E-state index contributed by atoms with van der Waals surface area (Å²) in [5, 5.41) is 19.2. The second kappa shape index (κ2) is 5.37. The van der Waals surface area contributed by atoms with Crippen LogP contribution in [0.15, 0.2) is 45.7 Å². The summed E-state index contributed by atoms with van der Waals surface area (Å²) in [7, 11) is -3.78. The first-order valence-electron chi connectivity index (χ1n) is 5.59. The third-order valence-electron chi connectivity index (χ3n) is 2.61. The van der Waals surface area contributed by atoms with Gasteiger partial charge in [0.25, 0.3) is 5.69 Å². The fourth-order valence-corrected chi connectivity index (χ4v) is 2.86. The van der Waals surface area contributed by atoms with E-state index in [2.05, 4.69) is 0 Å². The van der Waals surface area contributed by atoms with Crippen LogP contribution in [0.5, 0.6) is 0 Å². The standard InChI is InChI=1S/C12H9NO7S/c14-12(15)11-6-3-9(20-11)7-21(18,19)10-4-1-8(2-5-10)13(16)17/h1-6H,7H2,(H,14,15). The average molecular weight is 311 g/mol. The third kappa shape index (κ3) is 3.26. The number of carboxylic acid groups (broad SMARTS) is 1. The van der Waals surface area contributed by atoms with E-state index >= 15 is 0 Å². The number of nitro groups is 1. The number of rotatable bonds is 5.